The minimum atomic E-state index is -0.657. The molecule has 0 saturated heterocycles. The third-order valence-electron chi connectivity index (χ3n) is 4.50. The van der Waals surface area contributed by atoms with E-state index in [0.717, 1.165) is 5.57 Å². The Morgan fingerprint density at radius 1 is 1.24 bits per heavy atom. The number of hydrogen-bond donors (Lipinski definition) is 2. The second kappa shape index (κ2) is 9.88. The van der Waals surface area contributed by atoms with Crippen LogP contribution in [-0.2, 0) is 9.53 Å². The average Bonchev–Trinajstić information content (AvgIpc) is 2.74. The van der Waals surface area contributed by atoms with Crippen molar-refractivity contribution in [3.05, 3.63) is 40.3 Å². The highest BCUT2D eigenvalue weighted by Gasteiger charge is 2.26. The molecule has 1 atom stereocenters. The number of nitrogens with one attached hydrogen (secondary N) is 1. The molecule has 0 saturated carbocycles. The predicted octanol–water partition coefficient (Wildman–Crippen LogP) is 5.41. The molecule has 2 aromatic rings. The summed E-state index contributed by atoms with van der Waals surface area (Å²) in [4.78, 5) is 23.5. The van der Waals surface area contributed by atoms with Crippen LogP contribution in [0.2, 0.25) is 0 Å². The number of nitrogens with zero attached hydrogens (tertiary/aromatic N) is 1. The average molecular weight is 402 g/mol. The Kier molecular flexibility index (Phi) is 7.55. The SMILES string of the molecule is CCC(=O)O[C@@H](CC=C(C)C)c1cc(OC)c2c(NO)ccc(N=O)c2c1OC. The summed E-state index contributed by atoms with van der Waals surface area (Å²) in [5.74, 6) is 0.328. The molecule has 0 aromatic heterocycles. The van der Waals surface area contributed by atoms with Crippen molar-refractivity contribution in [1.29, 1.82) is 0 Å². The van der Waals surface area contributed by atoms with E-state index < -0.39 is 6.10 Å². The maximum absolute atomic E-state index is 12.1. The van der Waals surface area contributed by atoms with E-state index in [1.807, 2.05) is 19.9 Å². The standard InChI is InChI=1S/C21H26N2O6/c1-6-18(24)29-16(10-7-12(2)3)13-11-17(27-4)19-14(22-25)8-9-15(23-26)20(19)21(13)28-5/h7-9,11,16,22,25H,6,10H2,1-5H3/t16-/m0/s1. The Morgan fingerprint density at radius 2 is 1.97 bits per heavy atom. The second-order valence-electron chi connectivity index (χ2n) is 6.64. The van der Waals surface area contributed by atoms with E-state index in [-0.39, 0.29) is 18.1 Å². The van der Waals surface area contributed by atoms with E-state index in [0.29, 0.717) is 39.9 Å². The summed E-state index contributed by atoms with van der Waals surface area (Å²) in [5, 5.41) is 13.4. The van der Waals surface area contributed by atoms with Crippen molar-refractivity contribution in [2.75, 3.05) is 19.7 Å². The fourth-order valence-corrected chi connectivity index (χ4v) is 3.11. The molecule has 0 aliphatic carbocycles. The molecule has 0 heterocycles. The highest BCUT2D eigenvalue weighted by atomic mass is 16.5. The molecule has 8 nitrogen and oxygen atoms in total. The Hall–Kier alpha value is -3.13. The number of esters is 1. The van der Waals surface area contributed by atoms with Crippen molar-refractivity contribution in [3.8, 4) is 11.5 Å². The maximum Gasteiger partial charge on any atom is 0.306 e. The molecule has 0 aliphatic rings. The summed E-state index contributed by atoms with van der Waals surface area (Å²) in [6.45, 7) is 5.61. The Bertz CT molecular complexity index is 935. The van der Waals surface area contributed by atoms with Crippen LogP contribution in [0.3, 0.4) is 0 Å². The van der Waals surface area contributed by atoms with Gasteiger partial charge in [-0.1, -0.05) is 18.6 Å². The molecule has 156 valence electrons. The topological polar surface area (TPSA) is 106 Å². The highest BCUT2D eigenvalue weighted by Crippen LogP contribution is 2.48. The van der Waals surface area contributed by atoms with Gasteiger partial charge in [-0.05, 0) is 37.2 Å². The molecule has 8 heteroatoms. The number of allylic oxidation sites excluding steroid dienone is 1. The van der Waals surface area contributed by atoms with E-state index in [4.69, 9.17) is 14.2 Å². The lowest BCUT2D eigenvalue weighted by Crippen LogP contribution is -2.12. The summed E-state index contributed by atoms with van der Waals surface area (Å²) >= 11 is 0. The number of carbonyl (C=O) groups is 1. The summed E-state index contributed by atoms with van der Waals surface area (Å²) in [6, 6.07) is 4.66. The van der Waals surface area contributed by atoms with Gasteiger partial charge < -0.3 is 14.2 Å². The van der Waals surface area contributed by atoms with Crippen LogP contribution in [0.15, 0.2) is 35.0 Å². The largest absolute Gasteiger partial charge is 0.496 e. The second-order valence-corrected chi connectivity index (χ2v) is 6.64. The fraction of sp³-hybridized carbons (Fsp3) is 0.381. The van der Waals surface area contributed by atoms with Crippen LogP contribution < -0.4 is 15.0 Å². The van der Waals surface area contributed by atoms with Crippen LogP contribution in [0.5, 0.6) is 11.5 Å². The number of anilines is 1. The van der Waals surface area contributed by atoms with Gasteiger partial charge >= 0.3 is 5.97 Å². The van der Waals surface area contributed by atoms with Crippen LogP contribution >= 0.6 is 0 Å². The molecular formula is C21H26N2O6. The number of fused-ring (bicyclic) bond motifs is 1. The number of carbonyl (C=O) groups excluding carboxylic acids is 1. The molecule has 0 amide bonds. The van der Waals surface area contributed by atoms with Gasteiger partial charge in [0.1, 0.15) is 23.3 Å². The Balaban J connectivity index is 2.87. The number of hydrogen-bond acceptors (Lipinski definition) is 8. The van der Waals surface area contributed by atoms with Crippen molar-refractivity contribution in [3.63, 3.8) is 0 Å². The van der Waals surface area contributed by atoms with Gasteiger partial charge in [-0.3, -0.25) is 15.5 Å². The lowest BCUT2D eigenvalue weighted by Gasteiger charge is -2.23. The van der Waals surface area contributed by atoms with E-state index in [2.05, 4.69) is 10.7 Å². The van der Waals surface area contributed by atoms with Gasteiger partial charge in [-0.15, -0.1) is 4.91 Å². The normalized spacial score (nSPS) is 11.5. The molecule has 0 unspecified atom stereocenters. The molecule has 0 aliphatic heterocycles. The maximum atomic E-state index is 12.1. The lowest BCUT2D eigenvalue weighted by atomic mass is 9.96. The van der Waals surface area contributed by atoms with Gasteiger partial charge in [-0.2, -0.15) is 0 Å². The van der Waals surface area contributed by atoms with Crippen molar-refractivity contribution in [2.24, 2.45) is 5.18 Å². The Morgan fingerprint density at radius 3 is 2.48 bits per heavy atom. The molecule has 2 aromatic carbocycles. The fourth-order valence-electron chi connectivity index (χ4n) is 3.11. The van der Waals surface area contributed by atoms with Crippen LogP contribution in [0.1, 0.15) is 45.3 Å². The quantitative estimate of drug-likeness (QED) is 0.250. The van der Waals surface area contributed by atoms with Gasteiger partial charge in [0.25, 0.3) is 0 Å². The first-order chi connectivity index (χ1) is 13.9. The van der Waals surface area contributed by atoms with Crippen molar-refractivity contribution in [2.45, 2.75) is 39.7 Å². The molecule has 0 spiro atoms. The summed E-state index contributed by atoms with van der Waals surface area (Å²) < 4.78 is 16.8. The number of nitroso groups, excluding NO2 is 1. The van der Waals surface area contributed by atoms with Crippen molar-refractivity contribution in [1.82, 2.24) is 0 Å². The van der Waals surface area contributed by atoms with E-state index in [1.165, 1.54) is 26.4 Å². The minimum absolute atomic E-state index is 0.110. The lowest BCUT2D eigenvalue weighted by molar-refractivity contribution is -0.149. The number of ether oxygens (including phenoxy) is 3. The number of benzene rings is 2. The first-order valence-electron chi connectivity index (χ1n) is 9.19. The van der Waals surface area contributed by atoms with Crippen LogP contribution in [-0.4, -0.2) is 25.4 Å². The van der Waals surface area contributed by atoms with Crippen LogP contribution in [0, 0.1) is 4.91 Å². The molecule has 0 bridgehead atoms. The molecule has 2 rings (SSSR count). The minimum Gasteiger partial charge on any atom is -0.496 e. The molecule has 2 N–H and O–H groups in total. The van der Waals surface area contributed by atoms with Gasteiger partial charge in [0.05, 0.1) is 30.7 Å². The van der Waals surface area contributed by atoms with E-state index in [9.17, 15) is 14.9 Å². The number of methoxy groups -OCH3 is 2. The zero-order valence-corrected chi connectivity index (χ0v) is 17.2. The van der Waals surface area contributed by atoms with E-state index in [1.54, 1.807) is 13.0 Å². The zero-order chi connectivity index (χ0) is 21.6. The molecule has 29 heavy (non-hydrogen) atoms. The predicted molar refractivity (Wildman–Crippen MR) is 111 cm³/mol. The van der Waals surface area contributed by atoms with Gasteiger partial charge in [-0.25, -0.2) is 0 Å². The van der Waals surface area contributed by atoms with Gasteiger partial charge in [0.2, 0.25) is 0 Å². The highest BCUT2D eigenvalue weighted by molar-refractivity contribution is 6.08. The molecular weight excluding hydrogens is 376 g/mol. The summed E-state index contributed by atoms with van der Waals surface area (Å²) in [6.07, 6.45) is 1.93. The zero-order valence-electron chi connectivity index (χ0n) is 17.2. The summed E-state index contributed by atoms with van der Waals surface area (Å²) in [7, 11) is 2.92. The van der Waals surface area contributed by atoms with Crippen LogP contribution in [0.4, 0.5) is 11.4 Å². The third-order valence-corrected chi connectivity index (χ3v) is 4.50. The monoisotopic (exact) mass is 402 g/mol. The van der Waals surface area contributed by atoms with Gasteiger partial charge in [0, 0.05) is 18.4 Å². The van der Waals surface area contributed by atoms with Crippen molar-refractivity contribution < 1.29 is 24.2 Å². The van der Waals surface area contributed by atoms with Crippen molar-refractivity contribution >= 4 is 28.1 Å². The molecule has 0 radical (unpaired) electrons. The Labute approximate surface area is 169 Å². The van der Waals surface area contributed by atoms with Crippen LogP contribution in [0.25, 0.3) is 10.8 Å². The first kappa shape index (κ1) is 22.2. The smallest absolute Gasteiger partial charge is 0.306 e. The number of rotatable bonds is 9. The van der Waals surface area contributed by atoms with E-state index >= 15 is 0 Å². The molecule has 0 fully saturated rings. The van der Waals surface area contributed by atoms with Gasteiger partial charge in [0.15, 0.2) is 0 Å². The summed E-state index contributed by atoms with van der Waals surface area (Å²) in [5.41, 5.74) is 4.14. The first-order valence-corrected chi connectivity index (χ1v) is 9.19. The third kappa shape index (κ3) is 4.65.